The van der Waals surface area contributed by atoms with E-state index in [1.807, 2.05) is 13.8 Å². The zero-order chi connectivity index (χ0) is 9.02. The van der Waals surface area contributed by atoms with Gasteiger partial charge in [0.25, 0.3) is 0 Å². The Kier molecular flexibility index (Phi) is 4.16. The lowest BCUT2D eigenvalue weighted by Crippen LogP contribution is -2.32. The average Bonchev–Trinajstić information content (AvgIpc) is 1.81. The van der Waals surface area contributed by atoms with E-state index in [-0.39, 0.29) is 0 Å². The standard InChI is InChI=1S/C9H20N2/c1-7(2)10-11(8(3)4)9(5)6/h8-9H,1-6H3. The third kappa shape index (κ3) is 4.02. The van der Waals surface area contributed by atoms with Gasteiger partial charge in [0.05, 0.1) is 0 Å². The lowest BCUT2D eigenvalue weighted by atomic mass is 10.3. The van der Waals surface area contributed by atoms with Crippen molar-refractivity contribution < 1.29 is 0 Å². The third-order valence-corrected chi connectivity index (χ3v) is 1.37. The molecule has 0 atom stereocenters. The molecule has 0 rings (SSSR count). The van der Waals surface area contributed by atoms with Gasteiger partial charge in [-0.3, -0.25) is 5.01 Å². The van der Waals surface area contributed by atoms with Crippen molar-refractivity contribution in [3.63, 3.8) is 0 Å². The third-order valence-electron chi connectivity index (χ3n) is 1.37. The predicted molar refractivity (Wildman–Crippen MR) is 50.9 cm³/mol. The Morgan fingerprint density at radius 1 is 1.00 bits per heavy atom. The monoisotopic (exact) mass is 156 g/mol. The van der Waals surface area contributed by atoms with Gasteiger partial charge in [-0.1, -0.05) is 0 Å². The first-order valence-corrected chi connectivity index (χ1v) is 4.25. The summed E-state index contributed by atoms with van der Waals surface area (Å²) in [4.78, 5) is 0. The first-order chi connectivity index (χ1) is 4.95. The Bertz CT molecular complexity index is 124. The van der Waals surface area contributed by atoms with Gasteiger partial charge in [0.2, 0.25) is 0 Å². The van der Waals surface area contributed by atoms with Crippen LogP contribution < -0.4 is 0 Å². The molecule has 0 amide bonds. The summed E-state index contributed by atoms with van der Waals surface area (Å²) in [6, 6.07) is 0.981. The Morgan fingerprint density at radius 2 is 1.36 bits per heavy atom. The van der Waals surface area contributed by atoms with Crippen LogP contribution in [0, 0.1) is 0 Å². The lowest BCUT2D eigenvalue weighted by molar-refractivity contribution is 0.183. The molecule has 0 saturated heterocycles. The van der Waals surface area contributed by atoms with Crippen LogP contribution in [0.15, 0.2) is 5.10 Å². The molecule has 0 unspecified atom stereocenters. The molecular weight excluding hydrogens is 136 g/mol. The molecule has 0 aromatic heterocycles. The molecule has 0 aliphatic rings. The lowest BCUT2D eigenvalue weighted by Gasteiger charge is -2.27. The Balaban J connectivity index is 4.24. The maximum absolute atomic E-state index is 4.43. The van der Waals surface area contributed by atoms with Crippen molar-refractivity contribution in [1.29, 1.82) is 0 Å². The molecule has 0 saturated carbocycles. The fourth-order valence-corrected chi connectivity index (χ4v) is 1.06. The molecule has 0 bridgehead atoms. The Hall–Kier alpha value is -0.530. The van der Waals surface area contributed by atoms with E-state index in [0.29, 0.717) is 12.1 Å². The van der Waals surface area contributed by atoms with Gasteiger partial charge < -0.3 is 0 Å². The van der Waals surface area contributed by atoms with Crippen LogP contribution in [0.3, 0.4) is 0 Å². The second kappa shape index (κ2) is 4.37. The first kappa shape index (κ1) is 10.5. The summed E-state index contributed by atoms with van der Waals surface area (Å²) in [5.41, 5.74) is 1.12. The molecular formula is C9H20N2. The SMILES string of the molecule is CC(C)=NN(C(C)C)C(C)C. The van der Waals surface area contributed by atoms with Gasteiger partial charge >= 0.3 is 0 Å². The molecule has 66 valence electrons. The van der Waals surface area contributed by atoms with Gasteiger partial charge in [0, 0.05) is 17.8 Å². The molecule has 0 aromatic carbocycles. The molecule has 0 N–H and O–H groups in total. The zero-order valence-corrected chi connectivity index (χ0v) is 8.55. The normalized spacial score (nSPS) is 10.5. The summed E-state index contributed by atoms with van der Waals surface area (Å²) >= 11 is 0. The van der Waals surface area contributed by atoms with Crippen LogP contribution in [0.25, 0.3) is 0 Å². The van der Waals surface area contributed by atoms with E-state index in [4.69, 9.17) is 0 Å². The average molecular weight is 156 g/mol. The molecule has 0 aliphatic heterocycles. The number of hydrogen-bond acceptors (Lipinski definition) is 2. The van der Waals surface area contributed by atoms with Crippen molar-refractivity contribution in [2.24, 2.45) is 5.10 Å². The highest BCUT2D eigenvalue weighted by Gasteiger charge is 2.09. The first-order valence-electron chi connectivity index (χ1n) is 4.25. The van der Waals surface area contributed by atoms with Crippen molar-refractivity contribution in [2.75, 3.05) is 0 Å². The molecule has 0 fully saturated rings. The topological polar surface area (TPSA) is 15.6 Å². The van der Waals surface area contributed by atoms with E-state index in [1.54, 1.807) is 0 Å². The van der Waals surface area contributed by atoms with Gasteiger partial charge in [0.15, 0.2) is 0 Å². The van der Waals surface area contributed by atoms with Crippen LogP contribution in [-0.4, -0.2) is 22.8 Å². The summed E-state index contributed by atoms with van der Waals surface area (Å²) in [5.74, 6) is 0. The predicted octanol–water partition coefficient (Wildman–Crippen LogP) is 2.50. The van der Waals surface area contributed by atoms with Crippen LogP contribution in [-0.2, 0) is 0 Å². The summed E-state index contributed by atoms with van der Waals surface area (Å²) in [6.07, 6.45) is 0. The van der Waals surface area contributed by atoms with Gasteiger partial charge in [-0.2, -0.15) is 5.10 Å². The highest BCUT2D eigenvalue weighted by molar-refractivity contribution is 5.78. The molecule has 2 heteroatoms. The fraction of sp³-hybridized carbons (Fsp3) is 0.889. The number of hydrogen-bond donors (Lipinski definition) is 0. The summed E-state index contributed by atoms with van der Waals surface area (Å²) in [6.45, 7) is 12.7. The highest BCUT2D eigenvalue weighted by atomic mass is 15.5. The molecule has 2 nitrogen and oxygen atoms in total. The highest BCUT2D eigenvalue weighted by Crippen LogP contribution is 2.05. The van der Waals surface area contributed by atoms with Crippen LogP contribution in [0.2, 0.25) is 0 Å². The van der Waals surface area contributed by atoms with Crippen molar-refractivity contribution in [2.45, 2.75) is 53.6 Å². The number of hydrazone groups is 1. The fourth-order valence-electron chi connectivity index (χ4n) is 1.06. The molecule has 0 radical (unpaired) electrons. The van der Waals surface area contributed by atoms with Crippen LogP contribution >= 0.6 is 0 Å². The second-order valence-electron chi connectivity index (χ2n) is 3.61. The minimum absolute atomic E-state index is 0.491. The summed E-state index contributed by atoms with van der Waals surface area (Å²) in [7, 11) is 0. The van der Waals surface area contributed by atoms with Crippen LogP contribution in [0.4, 0.5) is 0 Å². The van der Waals surface area contributed by atoms with Gasteiger partial charge in [0.1, 0.15) is 0 Å². The van der Waals surface area contributed by atoms with E-state index in [1.165, 1.54) is 0 Å². The summed E-state index contributed by atoms with van der Waals surface area (Å²) < 4.78 is 0. The van der Waals surface area contributed by atoms with Crippen molar-refractivity contribution >= 4 is 5.71 Å². The maximum atomic E-state index is 4.43. The Morgan fingerprint density at radius 3 is 1.45 bits per heavy atom. The molecule has 0 spiro atoms. The molecule has 11 heavy (non-hydrogen) atoms. The van der Waals surface area contributed by atoms with E-state index >= 15 is 0 Å². The minimum atomic E-state index is 0.491. The van der Waals surface area contributed by atoms with Crippen molar-refractivity contribution in [1.82, 2.24) is 5.01 Å². The maximum Gasteiger partial charge on any atom is 0.0417 e. The quantitative estimate of drug-likeness (QED) is 0.453. The van der Waals surface area contributed by atoms with Crippen molar-refractivity contribution in [3.05, 3.63) is 0 Å². The number of rotatable bonds is 3. The van der Waals surface area contributed by atoms with Crippen LogP contribution in [0.1, 0.15) is 41.5 Å². The minimum Gasteiger partial charge on any atom is -0.292 e. The van der Waals surface area contributed by atoms with E-state index in [9.17, 15) is 0 Å². The van der Waals surface area contributed by atoms with Gasteiger partial charge in [-0.15, -0.1) is 0 Å². The zero-order valence-electron chi connectivity index (χ0n) is 8.55. The number of nitrogens with zero attached hydrogens (tertiary/aromatic N) is 2. The van der Waals surface area contributed by atoms with Crippen molar-refractivity contribution in [3.8, 4) is 0 Å². The molecule has 0 heterocycles. The van der Waals surface area contributed by atoms with E-state index in [2.05, 4.69) is 37.8 Å². The largest absolute Gasteiger partial charge is 0.292 e. The smallest absolute Gasteiger partial charge is 0.0417 e. The van der Waals surface area contributed by atoms with E-state index < -0.39 is 0 Å². The molecule has 0 aromatic rings. The summed E-state index contributed by atoms with van der Waals surface area (Å²) in [5, 5.41) is 6.55. The van der Waals surface area contributed by atoms with Crippen LogP contribution in [0.5, 0.6) is 0 Å². The van der Waals surface area contributed by atoms with E-state index in [0.717, 1.165) is 5.71 Å². The van der Waals surface area contributed by atoms with Gasteiger partial charge in [-0.05, 0) is 41.5 Å². The molecule has 0 aliphatic carbocycles. The Labute approximate surface area is 70.3 Å². The van der Waals surface area contributed by atoms with Gasteiger partial charge in [-0.25, -0.2) is 0 Å². The second-order valence-corrected chi connectivity index (χ2v) is 3.61.